The number of hydrogen-bond acceptors (Lipinski definition) is 5. The Balaban J connectivity index is 2.71. The van der Waals surface area contributed by atoms with Crippen LogP contribution in [0, 0.1) is 0 Å². The minimum absolute atomic E-state index is 0.652. The molecule has 3 N–H and O–H groups in total. The van der Waals surface area contributed by atoms with E-state index in [1.807, 2.05) is 17.8 Å². The predicted molar refractivity (Wildman–Crippen MR) is 75.4 cm³/mol. The van der Waals surface area contributed by atoms with Crippen molar-refractivity contribution < 1.29 is 9.47 Å². The Hall–Kier alpha value is -1.23. The first kappa shape index (κ1) is 13.8. The number of nitrogens with two attached hydrogens (primary N) is 1. The third-order valence-corrected chi connectivity index (χ3v) is 3.09. The van der Waals surface area contributed by atoms with Gasteiger partial charge in [-0.2, -0.15) is 11.8 Å². The van der Waals surface area contributed by atoms with Gasteiger partial charge in [-0.1, -0.05) is 0 Å². The molecule has 0 aromatic heterocycles. The van der Waals surface area contributed by atoms with E-state index >= 15 is 0 Å². The molecule has 1 aromatic carbocycles. The minimum atomic E-state index is 0.652. The van der Waals surface area contributed by atoms with Crippen molar-refractivity contribution in [3.63, 3.8) is 0 Å². The molecular weight excluding hydrogens is 236 g/mol. The van der Waals surface area contributed by atoms with Gasteiger partial charge in [-0.05, 0) is 18.4 Å². The summed E-state index contributed by atoms with van der Waals surface area (Å²) in [7, 11) is 3.22. The zero-order valence-electron chi connectivity index (χ0n) is 10.6. The molecule has 0 radical (unpaired) electrons. The predicted octanol–water partition coefficient (Wildman–Crippen LogP) is 2.45. The Morgan fingerprint density at radius 3 is 2.47 bits per heavy atom. The molecule has 4 nitrogen and oxygen atoms in total. The summed E-state index contributed by atoms with van der Waals surface area (Å²) in [6, 6.07) is 3.64. The number of benzene rings is 1. The summed E-state index contributed by atoms with van der Waals surface area (Å²) in [5, 5.41) is 3.30. The summed E-state index contributed by atoms with van der Waals surface area (Å²) in [6.45, 7) is 0.903. The van der Waals surface area contributed by atoms with E-state index in [-0.39, 0.29) is 0 Å². The van der Waals surface area contributed by atoms with Crippen molar-refractivity contribution in [2.45, 2.75) is 6.42 Å². The third-order valence-electron chi connectivity index (χ3n) is 2.40. The fraction of sp³-hybridized carbons (Fsp3) is 0.500. The number of hydrogen-bond donors (Lipinski definition) is 2. The number of thioether (sulfide) groups is 1. The summed E-state index contributed by atoms with van der Waals surface area (Å²) in [5.41, 5.74) is 7.50. The lowest BCUT2D eigenvalue weighted by Gasteiger charge is -2.13. The van der Waals surface area contributed by atoms with E-state index in [4.69, 9.17) is 15.2 Å². The van der Waals surface area contributed by atoms with Gasteiger partial charge in [-0.15, -0.1) is 0 Å². The molecule has 0 bridgehead atoms. The molecule has 0 aliphatic rings. The second-order valence-corrected chi connectivity index (χ2v) is 4.55. The zero-order chi connectivity index (χ0) is 12.7. The maximum Gasteiger partial charge on any atom is 0.162 e. The number of nitrogen functional groups attached to an aromatic ring is 1. The molecule has 0 aliphatic heterocycles. The highest BCUT2D eigenvalue weighted by atomic mass is 32.2. The van der Waals surface area contributed by atoms with Gasteiger partial charge >= 0.3 is 0 Å². The average Bonchev–Trinajstić information content (AvgIpc) is 2.35. The smallest absolute Gasteiger partial charge is 0.162 e. The lowest BCUT2D eigenvalue weighted by Crippen LogP contribution is -2.06. The Morgan fingerprint density at radius 2 is 1.88 bits per heavy atom. The van der Waals surface area contributed by atoms with Crippen molar-refractivity contribution in [2.24, 2.45) is 0 Å². The monoisotopic (exact) mass is 256 g/mol. The van der Waals surface area contributed by atoms with Gasteiger partial charge in [0.05, 0.1) is 25.6 Å². The van der Waals surface area contributed by atoms with Crippen molar-refractivity contribution in [1.29, 1.82) is 0 Å². The molecule has 96 valence electrons. The lowest BCUT2D eigenvalue weighted by molar-refractivity contribution is 0.355. The van der Waals surface area contributed by atoms with Crippen LogP contribution in [0.3, 0.4) is 0 Å². The van der Waals surface area contributed by atoms with Gasteiger partial charge in [0.2, 0.25) is 0 Å². The summed E-state index contributed by atoms with van der Waals surface area (Å²) >= 11 is 1.84. The van der Waals surface area contributed by atoms with E-state index in [9.17, 15) is 0 Å². The van der Waals surface area contributed by atoms with Gasteiger partial charge < -0.3 is 20.5 Å². The first-order valence-corrected chi connectivity index (χ1v) is 6.86. The maximum absolute atomic E-state index is 5.93. The van der Waals surface area contributed by atoms with Gasteiger partial charge in [-0.25, -0.2) is 0 Å². The number of nitrogens with one attached hydrogen (secondary N) is 1. The van der Waals surface area contributed by atoms with E-state index in [0.29, 0.717) is 17.2 Å². The van der Waals surface area contributed by atoms with Crippen molar-refractivity contribution >= 4 is 23.1 Å². The average molecular weight is 256 g/mol. The van der Waals surface area contributed by atoms with Crippen molar-refractivity contribution in [2.75, 3.05) is 43.8 Å². The fourth-order valence-corrected chi connectivity index (χ4v) is 1.92. The van der Waals surface area contributed by atoms with Crippen LogP contribution in [0.15, 0.2) is 12.1 Å². The Labute approximate surface area is 107 Å². The molecule has 1 aromatic rings. The van der Waals surface area contributed by atoms with E-state index in [1.165, 1.54) is 0 Å². The molecule has 0 atom stereocenters. The van der Waals surface area contributed by atoms with Crippen molar-refractivity contribution in [3.05, 3.63) is 12.1 Å². The molecule has 0 aliphatic carbocycles. The molecule has 0 saturated heterocycles. The van der Waals surface area contributed by atoms with E-state index in [0.717, 1.165) is 24.4 Å². The number of methoxy groups -OCH3 is 2. The van der Waals surface area contributed by atoms with Crippen LogP contribution in [0.1, 0.15) is 6.42 Å². The summed E-state index contributed by atoms with van der Waals surface area (Å²) < 4.78 is 10.4. The quantitative estimate of drug-likeness (QED) is 0.580. The highest BCUT2D eigenvalue weighted by molar-refractivity contribution is 7.98. The van der Waals surface area contributed by atoms with Crippen LogP contribution in [-0.2, 0) is 0 Å². The van der Waals surface area contributed by atoms with Crippen LogP contribution in [0.25, 0.3) is 0 Å². The topological polar surface area (TPSA) is 56.5 Å². The minimum Gasteiger partial charge on any atom is -0.493 e. The zero-order valence-corrected chi connectivity index (χ0v) is 11.4. The molecule has 5 heteroatoms. The molecule has 1 rings (SSSR count). The number of anilines is 2. The summed E-state index contributed by atoms with van der Waals surface area (Å²) in [4.78, 5) is 0. The molecule has 0 fully saturated rings. The highest BCUT2D eigenvalue weighted by Gasteiger charge is 2.08. The van der Waals surface area contributed by atoms with Crippen molar-refractivity contribution in [3.8, 4) is 11.5 Å². The largest absolute Gasteiger partial charge is 0.493 e. The molecule has 0 amide bonds. The van der Waals surface area contributed by atoms with Gasteiger partial charge in [-0.3, -0.25) is 0 Å². The Kier molecular flexibility index (Phi) is 5.83. The van der Waals surface area contributed by atoms with Gasteiger partial charge in [0.15, 0.2) is 11.5 Å². The van der Waals surface area contributed by atoms with Crippen LogP contribution < -0.4 is 20.5 Å². The van der Waals surface area contributed by atoms with Crippen LogP contribution in [0.2, 0.25) is 0 Å². The summed E-state index contributed by atoms with van der Waals surface area (Å²) in [6.07, 6.45) is 3.21. The van der Waals surface area contributed by atoms with Crippen LogP contribution in [0.4, 0.5) is 11.4 Å². The molecular formula is C12H20N2O2S. The van der Waals surface area contributed by atoms with Crippen LogP contribution in [-0.4, -0.2) is 32.8 Å². The van der Waals surface area contributed by atoms with Gasteiger partial charge in [0.25, 0.3) is 0 Å². The standard InChI is InChI=1S/C12H20N2O2S/c1-15-11-7-9(13)10(8-12(11)16-2)14-5-4-6-17-3/h7-8,14H,4-6,13H2,1-3H3. The first-order chi connectivity index (χ1) is 8.22. The second-order valence-electron chi connectivity index (χ2n) is 3.57. The molecule has 17 heavy (non-hydrogen) atoms. The number of rotatable bonds is 7. The van der Waals surface area contributed by atoms with Crippen molar-refractivity contribution in [1.82, 2.24) is 0 Å². The number of ether oxygens (including phenoxy) is 2. The van der Waals surface area contributed by atoms with Crippen LogP contribution >= 0.6 is 11.8 Å². The fourth-order valence-electron chi connectivity index (χ4n) is 1.49. The van der Waals surface area contributed by atoms with E-state index in [1.54, 1.807) is 20.3 Å². The molecule has 0 heterocycles. The van der Waals surface area contributed by atoms with Gasteiger partial charge in [0, 0.05) is 18.7 Å². The maximum atomic E-state index is 5.93. The second kappa shape index (κ2) is 7.17. The SMILES string of the molecule is COc1cc(N)c(NCCCSC)cc1OC. The molecule has 0 saturated carbocycles. The highest BCUT2D eigenvalue weighted by Crippen LogP contribution is 2.34. The van der Waals surface area contributed by atoms with Crippen LogP contribution in [0.5, 0.6) is 11.5 Å². The third kappa shape index (κ3) is 3.93. The first-order valence-electron chi connectivity index (χ1n) is 5.47. The Morgan fingerprint density at radius 1 is 1.24 bits per heavy atom. The lowest BCUT2D eigenvalue weighted by atomic mass is 10.2. The van der Waals surface area contributed by atoms with Gasteiger partial charge in [0.1, 0.15) is 0 Å². The normalized spacial score (nSPS) is 10.1. The molecule has 0 spiro atoms. The van der Waals surface area contributed by atoms with E-state index < -0.39 is 0 Å². The molecule has 0 unspecified atom stereocenters. The Bertz CT molecular complexity index is 359. The summed E-state index contributed by atoms with van der Waals surface area (Å²) in [5.74, 6) is 2.48. The van der Waals surface area contributed by atoms with E-state index in [2.05, 4.69) is 11.6 Å².